The first-order chi connectivity index (χ1) is 8.04. The molecule has 4 heteroatoms. The quantitative estimate of drug-likeness (QED) is 0.846. The maximum absolute atomic E-state index is 9.62. The van der Waals surface area contributed by atoms with Gasteiger partial charge in [0.25, 0.3) is 0 Å². The lowest BCUT2D eigenvalue weighted by Crippen LogP contribution is -2.30. The van der Waals surface area contributed by atoms with Crippen molar-refractivity contribution in [3.8, 4) is 6.07 Å². The van der Waals surface area contributed by atoms with Gasteiger partial charge in [0.15, 0.2) is 0 Å². The van der Waals surface area contributed by atoms with Gasteiger partial charge in [0.2, 0.25) is 0 Å². The molecule has 1 rings (SSSR count). The maximum atomic E-state index is 9.62. The summed E-state index contributed by atoms with van der Waals surface area (Å²) < 4.78 is 0. The zero-order valence-corrected chi connectivity index (χ0v) is 10.8. The van der Waals surface area contributed by atoms with E-state index in [4.69, 9.17) is 16.9 Å². The fourth-order valence-corrected chi connectivity index (χ4v) is 1.60. The molecule has 0 aromatic heterocycles. The van der Waals surface area contributed by atoms with Crippen molar-refractivity contribution in [2.75, 3.05) is 6.54 Å². The molecule has 1 aromatic carbocycles. The van der Waals surface area contributed by atoms with Crippen LogP contribution in [0.2, 0.25) is 5.02 Å². The van der Waals surface area contributed by atoms with E-state index in [1.807, 2.05) is 26.0 Å². The second-order valence-electron chi connectivity index (χ2n) is 4.36. The van der Waals surface area contributed by atoms with Gasteiger partial charge in [-0.3, -0.25) is 0 Å². The Labute approximate surface area is 107 Å². The maximum Gasteiger partial charge on any atom is 0.0992 e. The van der Waals surface area contributed by atoms with Crippen LogP contribution in [0.25, 0.3) is 0 Å². The van der Waals surface area contributed by atoms with Gasteiger partial charge in [-0.05, 0) is 23.6 Å². The molecular weight excluding hydrogens is 236 g/mol. The summed E-state index contributed by atoms with van der Waals surface area (Å²) in [6.07, 6.45) is -0.354. The second-order valence-corrected chi connectivity index (χ2v) is 4.77. The van der Waals surface area contributed by atoms with E-state index >= 15 is 0 Å². The van der Waals surface area contributed by atoms with Crippen LogP contribution in [0.15, 0.2) is 18.2 Å². The number of rotatable bonds is 5. The summed E-state index contributed by atoms with van der Waals surface area (Å²) in [5, 5.41) is 22.0. The Balaban J connectivity index is 2.50. The summed E-state index contributed by atoms with van der Waals surface area (Å²) in [6.45, 7) is 5.07. The smallest absolute Gasteiger partial charge is 0.0992 e. The summed E-state index contributed by atoms with van der Waals surface area (Å²) in [5.41, 5.74) is 1.49. The molecule has 1 aromatic rings. The van der Waals surface area contributed by atoms with Crippen LogP contribution in [0, 0.1) is 17.2 Å². The molecule has 1 atom stereocenters. The number of nitrogens with one attached hydrogen (secondary N) is 1. The molecule has 3 nitrogen and oxygen atoms in total. The molecule has 0 amide bonds. The molecule has 17 heavy (non-hydrogen) atoms. The first kappa shape index (κ1) is 14.0. The Hall–Kier alpha value is -1.08. The summed E-state index contributed by atoms with van der Waals surface area (Å²) in [4.78, 5) is 0. The predicted molar refractivity (Wildman–Crippen MR) is 68.7 cm³/mol. The Bertz CT molecular complexity index is 412. The minimum Gasteiger partial charge on any atom is -0.392 e. The average molecular weight is 253 g/mol. The van der Waals surface area contributed by atoms with E-state index in [2.05, 4.69) is 5.32 Å². The first-order valence-electron chi connectivity index (χ1n) is 5.62. The highest BCUT2D eigenvalue weighted by molar-refractivity contribution is 6.31. The van der Waals surface area contributed by atoms with E-state index in [-0.39, 0.29) is 12.0 Å². The summed E-state index contributed by atoms with van der Waals surface area (Å²) >= 11 is 6.03. The van der Waals surface area contributed by atoms with Gasteiger partial charge in [-0.1, -0.05) is 31.5 Å². The minimum atomic E-state index is -0.354. The zero-order chi connectivity index (χ0) is 12.8. The van der Waals surface area contributed by atoms with Crippen LogP contribution in [-0.4, -0.2) is 17.8 Å². The third kappa shape index (κ3) is 4.35. The molecule has 0 radical (unpaired) electrons. The van der Waals surface area contributed by atoms with Crippen LogP contribution >= 0.6 is 11.6 Å². The topological polar surface area (TPSA) is 56.0 Å². The zero-order valence-electron chi connectivity index (χ0n) is 10.1. The summed E-state index contributed by atoms with van der Waals surface area (Å²) in [5.74, 6) is 0.235. The van der Waals surface area contributed by atoms with Gasteiger partial charge in [-0.25, -0.2) is 0 Å². The highest BCUT2D eigenvalue weighted by Crippen LogP contribution is 2.17. The van der Waals surface area contributed by atoms with E-state index < -0.39 is 0 Å². The van der Waals surface area contributed by atoms with Gasteiger partial charge in [-0.15, -0.1) is 0 Å². The minimum absolute atomic E-state index is 0.235. The number of halogens is 1. The number of aliphatic hydroxyl groups excluding tert-OH is 1. The molecule has 0 fully saturated rings. The molecule has 0 aliphatic carbocycles. The van der Waals surface area contributed by atoms with Crippen molar-refractivity contribution in [2.24, 2.45) is 5.92 Å². The van der Waals surface area contributed by atoms with Gasteiger partial charge >= 0.3 is 0 Å². The third-order valence-electron chi connectivity index (χ3n) is 2.62. The van der Waals surface area contributed by atoms with Gasteiger partial charge in [0.1, 0.15) is 0 Å². The molecule has 92 valence electrons. The van der Waals surface area contributed by atoms with Crippen molar-refractivity contribution >= 4 is 11.6 Å². The number of aliphatic hydroxyl groups is 1. The van der Waals surface area contributed by atoms with Crippen LogP contribution in [0.1, 0.15) is 25.0 Å². The molecule has 0 bridgehead atoms. The number of benzene rings is 1. The summed E-state index contributed by atoms with van der Waals surface area (Å²) in [7, 11) is 0. The van der Waals surface area contributed by atoms with E-state index in [1.165, 1.54) is 0 Å². The van der Waals surface area contributed by atoms with E-state index in [0.717, 1.165) is 5.56 Å². The standard InChI is InChI=1S/C13H17ClN2O/c1-9(2)13(17)8-16-7-11-4-3-10(6-15)5-12(11)14/h3-5,9,13,16-17H,7-8H2,1-2H3. The van der Waals surface area contributed by atoms with Crippen LogP contribution in [0.4, 0.5) is 0 Å². The predicted octanol–water partition coefficient (Wildman–Crippen LogP) is 2.32. The van der Waals surface area contributed by atoms with Crippen LogP contribution < -0.4 is 5.32 Å². The second kappa shape index (κ2) is 6.61. The van der Waals surface area contributed by atoms with Gasteiger partial charge < -0.3 is 10.4 Å². The molecule has 0 aliphatic heterocycles. The fourth-order valence-electron chi connectivity index (χ4n) is 1.35. The van der Waals surface area contributed by atoms with Crippen molar-refractivity contribution in [1.82, 2.24) is 5.32 Å². The first-order valence-corrected chi connectivity index (χ1v) is 5.99. The fraction of sp³-hybridized carbons (Fsp3) is 0.462. The third-order valence-corrected chi connectivity index (χ3v) is 2.97. The number of nitrogens with zero attached hydrogens (tertiary/aromatic N) is 1. The molecule has 0 saturated carbocycles. The largest absolute Gasteiger partial charge is 0.392 e. The van der Waals surface area contributed by atoms with E-state index in [9.17, 15) is 5.11 Å². The average Bonchev–Trinajstić information content (AvgIpc) is 2.30. The molecule has 2 N–H and O–H groups in total. The summed E-state index contributed by atoms with van der Waals surface area (Å²) in [6, 6.07) is 7.26. The lowest BCUT2D eigenvalue weighted by Gasteiger charge is -2.15. The van der Waals surface area contributed by atoms with Crippen molar-refractivity contribution in [3.05, 3.63) is 34.3 Å². The molecular formula is C13H17ClN2O. The Morgan fingerprint density at radius 1 is 1.47 bits per heavy atom. The van der Waals surface area contributed by atoms with Crippen molar-refractivity contribution in [2.45, 2.75) is 26.5 Å². The number of hydrogen-bond donors (Lipinski definition) is 2. The van der Waals surface area contributed by atoms with Crippen molar-refractivity contribution in [1.29, 1.82) is 5.26 Å². The van der Waals surface area contributed by atoms with Crippen LogP contribution in [0.5, 0.6) is 0 Å². The van der Waals surface area contributed by atoms with Gasteiger partial charge in [0.05, 0.1) is 17.7 Å². The molecule has 0 heterocycles. The van der Waals surface area contributed by atoms with Crippen molar-refractivity contribution < 1.29 is 5.11 Å². The lowest BCUT2D eigenvalue weighted by molar-refractivity contribution is 0.123. The van der Waals surface area contributed by atoms with Crippen LogP contribution in [-0.2, 0) is 6.54 Å². The SMILES string of the molecule is CC(C)C(O)CNCc1ccc(C#N)cc1Cl. The highest BCUT2D eigenvalue weighted by atomic mass is 35.5. The van der Waals surface area contributed by atoms with E-state index in [0.29, 0.717) is 23.7 Å². The number of hydrogen-bond acceptors (Lipinski definition) is 3. The van der Waals surface area contributed by atoms with E-state index in [1.54, 1.807) is 12.1 Å². The molecule has 0 spiro atoms. The Morgan fingerprint density at radius 2 is 2.18 bits per heavy atom. The highest BCUT2D eigenvalue weighted by Gasteiger charge is 2.08. The van der Waals surface area contributed by atoms with Gasteiger partial charge in [0, 0.05) is 18.1 Å². The lowest BCUT2D eigenvalue weighted by atomic mass is 10.1. The molecule has 0 saturated heterocycles. The monoisotopic (exact) mass is 252 g/mol. The number of nitriles is 1. The van der Waals surface area contributed by atoms with Gasteiger partial charge in [-0.2, -0.15) is 5.26 Å². The molecule has 1 unspecified atom stereocenters. The Morgan fingerprint density at radius 3 is 2.71 bits per heavy atom. The normalized spacial score (nSPS) is 12.5. The molecule has 0 aliphatic rings. The van der Waals surface area contributed by atoms with Crippen molar-refractivity contribution in [3.63, 3.8) is 0 Å². The van der Waals surface area contributed by atoms with Crippen LogP contribution in [0.3, 0.4) is 0 Å². The Kier molecular flexibility index (Phi) is 5.43.